The molecule has 1 N–H and O–H groups in total. The van der Waals surface area contributed by atoms with Crippen molar-refractivity contribution in [2.24, 2.45) is 0 Å². The number of hydrogen-bond donors (Lipinski definition) is 1. The fourth-order valence-electron chi connectivity index (χ4n) is 2.76. The zero-order chi connectivity index (χ0) is 17.0. The van der Waals surface area contributed by atoms with Crippen LogP contribution in [0.4, 0.5) is 0 Å². The van der Waals surface area contributed by atoms with Crippen LogP contribution in [-0.4, -0.2) is 6.54 Å². The fourth-order valence-corrected chi connectivity index (χ4v) is 2.76. The molecule has 0 spiro atoms. The van der Waals surface area contributed by atoms with Gasteiger partial charge in [-0.1, -0.05) is 69.0 Å². The lowest BCUT2D eigenvalue weighted by Gasteiger charge is -2.10. The highest BCUT2D eigenvalue weighted by Gasteiger charge is 2.00. The number of ether oxygens (including phenoxy) is 1. The Morgan fingerprint density at radius 3 is 2.58 bits per heavy atom. The Labute approximate surface area is 147 Å². The maximum Gasteiger partial charge on any atom is 0.120 e. The second-order valence-electron chi connectivity index (χ2n) is 6.45. The summed E-state index contributed by atoms with van der Waals surface area (Å²) in [6.45, 7) is 7.01. The van der Waals surface area contributed by atoms with Crippen molar-refractivity contribution < 1.29 is 4.74 Å². The second kappa shape index (κ2) is 10.9. The summed E-state index contributed by atoms with van der Waals surface area (Å²) >= 11 is 0. The van der Waals surface area contributed by atoms with Gasteiger partial charge < -0.3 is 10.1 Å². The van der Waals surface area contributed by atoms with Gasteiger partial charge in [0.1, 0.15) is 12.4 Å². The van der Waals surface area contributed by atoms with Gasteiger partial charge in [0.15, 0.2) is 0 Å². The van der Waals surface area contributed by atoms with Crippen molar-refractivity contribution in [3.63, 3.8) is 0 Å². The van der Waals surface area contributed by atoms with Gasteiger partial charge in [-0.2, -0.15) is 0 Å². The van der Waals surface area contributed by atoms with Gasteiger partial charge in [-0.05, 0) is 48.7 Å². The first-order valence-electron chi connectivity index (χ1n) is 9.26. The molecule has 24 heavy (non-hydrogen) atoms. The molecule has 2 nitrogen and oxygen atoms in total. The smallest absolute Gasteiger partial charge is 0.120 e. The minimum Gasteiger partial charge on any atom is -0.489 e. The molecule has 2 aromatic rings. The first kappa shape index (κ1) is 18.5. The van der Waals surface area contributed by atoms with E-state index in [1.807, 2.05) is 6.07 Å². The summed E-state index contributed by atoms with van der Waals surface area (Å²) in [5.41, 5.74) is 3.80. The molecule has 0 saturated carbocycles. The van der Waals surface area contributed by atoms with Crippen molar-refractivity contribution in [2.75, 3.05) is 6.54 Å². The standard InChI is InChI=1S/C22H31NO/c1-3-4-5-6-9-15-23-17-20-12-10-14-22(16-20)24-18-21-13-8-7-11-19(21)2/h7-8,10-14,16,23H,3-6,9,15,17-18H2,1-2H3. The van der Waals surface area contributed by atoms with Gasteiger partial charge in [0.2, 0.25) is 0 Å². The third-order valence-corrected chi connectivity index (χ3v) is 4.34. The number of aryl methyl sites for hydroxylation is 1. The molecular formula is C22H31NO. The lowest BCUT2D eigenvalue weighted by Crippen LogP contribution is -2.14. The molecule has 0 aliphatic heterocycles. The quantitative estimate of drug-likeness (QED) is 0.540. The van der Waals surface area contributed by atoms with E-state index < -0.39 is 0 Å². The molecule has 0 atom stereocenters. The SMILES string of the molecule is CCCCCCCNCc1cccc(OCc2ccccc2C)c1. The minimum absolute atomic E-state index is 0.626. The topological polar surface area (TPSA) is 21.3 Å². The minimum atomic E-state index is 0.626. The Morgan fingerprint density at radius 1 is 0.917 bits per heavy atom. The molecule has 0 saturated heterocycles. The molecule has 130 valence electrons. The molecule has 2 heteroatoms. The summed E-state index contributed by atoms with van der Waals surface area (Å²) in [6.07, 6.45) is 6.63. The number of nitrogens with one attached hydrogen (secondary N) is 1. The van der Waals surface area contributed by atoms with Crippen molar-refractivity contribution in [1.82, 2.24) is 5.32 Å². The largest absolute Gasteiger partial charge is 0.489 e. The van der Waals surface area contributed by atoms with Gasteiger partial charge in [0.25, 0.3) is 0 Å². The Morgan fingerprint density at radius 2 is 1.75 bits per heavy atom. The van der Waals surface area contributed by atoms with Gasteiger partial charge in [0.05, 0.1) is 0 Å². The summed E-state index contributed by atoms with van der Waals surface area (Å²) in [7, 11) is 0. The summed E-state index contributed by atoms with van der Waals surface area (Å²) in [5.74, 6) is 0.945. The van der Waals surface area contributed by atoms with Crippen molar-refractivity contribution in [2.45, 2.75) is 59.1 Å². The molecule has 0 aliphatic rings. The van der Waals surface area contributed by atoms with Gasteiger partial charge in [-0.3, -0.25) is 0 Å². The van der Waals surface area contributed by atoms with Gasteiger partial charge in [0, 0.05) is 6.54 Å². The predicted molar refractivity (Wildman–Crippen MR) is 102 cm³/mol. The van der Waals surface area contributed by atoms with E-state index in [-0.39, 0.29) is 0 Å². The highest BCUT2D eigenvalue weighted by atomic mass is 16.5. The van der Waals surface area contributed by atoms with Crippen LogP contribution in [0.25, 0.3) is 0 Å². The van der Waals surface area contributed by atoms with E-state index in [9.17, 15) is 0 Å². The molecule has 0 fully saturated rings. The van der Waals surface area contributed by atoms with Crippen LogP contribution in [0.2, 0.25) is 0 Å². The Hall–Kier alpha value is -1.80. The molecule has 0 bridgehead atoms. The van der Waals surface area contributed by atoms with Crippen LogP contribution in [0.3, 0.4) is 0 Å². The number of benzene rings is 2. The third-order valence-electron chi connectivity index (χ3n) is 4.34. The molecule has 0 unspecified atom stereocenters. The van der Waals surface area contributed by atoms with Crippen molar-refractivity contribution in [3.05, 3.63) is 65.2 Å². The number of unbranched alkanes of at least 4 members (excludes halogenated alkanes) is 4. The van der Waals surface area contributed by atoms with Gasteiger partial charge in [-0.15, -0.1) is 0 Å². The molecule has 2 rings (SSSR count). The van der Waals surface area contributed by atoms with Crippen LogP contribution in [0.15, 0.2) is 48.5 Å². The van der Waals surface area contributed by atoms with E-state index in [1.54, 1.807) is 0 Å². The first-order chi connectivity index (χ1) is 11.8. The Balaban J connectivity index is 1.72. The van der Waals surface area contributed by atoms with Gasteiger partial charge in [-0.25, -0.2) is 0 Å². The van der Waals surface area contributed by atoms with E-state index in [4.69, 9.17) is 4.74 Å². The maximum atomic E-state index is 5.96. The molecule has 0 radical (unpaired) electrons. The number of hydrogen-bond acceptors (Lipinski definition) is 2. The molecule has 0 aliphatic carbocycles. The lowest BCUT2D eigenvalue weighted by molar-refractivity contribution is 0.305. The zero-order valence-corrected chi connectivity index (χ0v) is 15.2. The van der Waals surface area contributed by atoms with Crippen LogP contribution in [-0.2, 0) is 13.2 Å². The van der Waals surface area contributed by atoms with E-state index >= 15 is 0 Å². The molecule has 0 aromatic heterocycles. The summed E-state index contributed by atoms with van der Waals surface area (Å²) in [4.78, 5) is 0. The molecule has 2 aromatic carbocycles. The van der Waals surface area contributed by atoms with E-state index in [1.165, 1.54) is 48.8 Å². The average molecular weight is 325 g/mol. The molecule has 0 amide bonds. The third kappa shape index (κ3) is 6.76. The van der Waals surface area contributed by atoms with Crippen LogP contribution in [0, 0.1) is 6.92 Å². The Bertz CT molecular complexity index is 594. The predicted octanol–water partition coefficient (Wildman–Crippen LogP) is 5.63. The molecular weight excluding hydrogens is 294 g/mol. The fraction of sp³-hybridized carbons (Fsp3) is 0.455. The van der Waals surface area contributed by atoms with Crippen molar-refractivity contribution in [1.29, 1.82) is 0 Å². The van der Waals surface area contributed by atoms with Gasteiger partial charge >= 0.3 is 0 Å². The summed E-state index contributed by atoms with van der Waals surface area (Å²) < 4.78 is 5.96. The normalized spacial score (nSPS) is 10.8. The van der Waals surface area contributed by atoms with Crippen LogP contribution >= 0.6 is 0 Å². The highest BCUT2D eigenvalue weighted by molar-refractivity contribution is 5.30. The molecule has 0 heterocycles. The summed E-state index contributed by atoms with van der Waals surface area (Å²) in [6, 6.07) is 16.8. The van der Waals surface area contributed by atoms with Crippen molar-refractivity contribution in [3.8, 4) is 5.75 Å². The lowest BCUT2D eigenvalue weighted by atomic mass is 10.1. The Kier molecular flexibility index (Phi) is 8.40. The summed E-state index contributed by atoms with van der Waals surface area (Å²) in [5, 5.41) is 3.53. The van der Waals surface area contributed by atoms with Crippen LogP contribution in [0.1, 0.15) is 55.7 Å². The van der Waals surface area contributed by atoms with E-state index in [2.05, 4.69) is 61.6 Å². The van der Waals surface area contributed by atoms with Crippen LogP contribution in [0.5, 0.6) is 5.75 Å². The van der Waals surface area contributed by atoms with E-state index in [0.29, 0.717) is 6.61 Å². The monoisotopic (exact) mass is 325 g/mol. The maximum absolute atomic E-state index is 5.96. The van der Waals surface area contributed by atoms with E-state index in [0.717, 1.165) is 18.8 Å². The highest BCUT2D eigenvalue weighted by Crippen LogP contribution is 2.16. The first-order valence-corrected chi connectivity index (χ1v) is 9.26. The van der Waals surface area contributed by atoms with Crippen molar-refractivity contribution >= 4 is 0 Å². The van der Waals surface area contributed by atoms with Crippen LogP contribution < -0.4 is 10.1 Å². The number of rotatable bonds is 11. The second-order valence-corrected chi connectivity index (χ2v) is 6.45. The zero-order valence-electron chi connectivity index (χ0n) is 15.2. The average Bonchev–Trinajstić information content (AvgIpc) is 2.61.